The average Bonchev–Trinajstić information content (AvgIpc) is 2.33. The molecule has 0 aliphatic carbocycles. The summed E-state index contributed by atoms with van der Waals surface area (Å²) < 4.78 is 44.4. The van der Waals surface area contributed by atoms with Gasteiger partial charge in [0, 0.05) is 30.4 Å². The topological polar surface area (TPSA) is 21.3 Å². The first kappa shape index (κ1) is 17.3. The first-order valence-electron chi connectivity index (χ1n) is 6.25. The Hall–Kier alpha value is -0.750. The highest BCUT2D eigenvalue weighted by molar-refractivity contribution is 9.10. The molecule has 0 spiro atoms. The van der Waals surface area contributed by atoms with E-state index < -0.39 is 11.7 Å². The summed E-state index contributed by atoms with van der Waals surface area (Å²) in [6.45, 7) is 5.00. The van der Waals surface area contributed by atoms with Gasteiger partial charge in [-0.25, -0.2) is 0 Å². The first-order valence-corrected chi connectivity index (χ1v) is 7.04. The third kappa shape index (κ3) is 5.32. The van der Waals surface area contributed by atoms with Gasteiger partial charge in [0.15, 0.2) is 0 Å². The summed E-state index contributed by atoms with van der Waals surface area (Å²) in [5.41, 5.74) is -0.707. The fraction of sp³-hybridized carbons (Fsp3) is 0.571. The Morgan fingerprint density at radius 2 is 1.90 bits per heavy atom. The van der Waals surface area contributed by atoms with Gasteiger partial charge in [-0.15, -0.1) is 0 Å². The second-order valence-corrected chi connectivity index (χ2v) is 6.36. The van der Waals surface area contributed by atoms with Crippen LogP contribution in [0.3, 0.4) is 0 Å². The number of anilines is 1. The van der Waals surface area contributed by atoms with Gasteiger partial charge < -0.3 is 10.1 Å². The molecule has 0 bridgehead atoms. The summed E-state index contributed by atoms with van der Waals surface area (Å²) in [6, 6.07) is 3.92. The van der Waals surface area contributed by atoms with E-state index in [0.29, 0.717) is 17.6 Å². The number of nitrogens with one attached hydrogen (secondary N) is 1. The molecular formula is C14H19BrF3NO. The van der Waals surface area contributed by atoms with Crippen LogP contribution in [0, 0.1) is 5.41 Å². The van der Waals surface area contributed by atoms with Crippen molar-refractivity contribution in [1.29, 1.82) is 0 Å². The van der Waals surface area contributed by atoms with Gasteiger partial charge in [-0.05, 0) is 30.0 Å². The maximum absolute atomic E-state index is 12.9. The second kappa shape index (κ2) is 6.80. The molecule has 0 aliphatic heterocycles. The molecule has 0 heterocycles. The van der Waals surface area contributed by atoms with Crippen LogP contribution < -0.4 is 5.32 Å². The van der Waals surface area contributed by atoms with E-state index >= 15 is 0 Å². The van der Waals surface area contributed by atoms with Crippen LogP contribution in [0.15, 0.2) is 22.7 Å². The van der Waals surface area contributed by atoms with E-state index in [-0.39, 0.29) is 11.1 Å². The van der Waals surface area contributed by atoms with Gasteiger partial charge in [-0.3, -0.25) is 0 Å². The highest BCUT2D eigenvalue weighted by Crippen LogP contribution is 2.36. The van der Waals surface area contributed by atoms with Crippen LogP contribution in [0.25, 0.3) is 0 Å². The Balaban J connectivity index is 2.84. The first-order chi connectivity index (χ1) is 9.15. The Morgan fingerprint density at radius 1 is 1.25 bits per heavy atom. The molecule has 0 aromatic heterocycles. The largest absolute Gasteiger partial charge is 0.418 e. The lowest BCUT2D eigenvalue weighted by atomic mass is 9.89. The fourth-order valence-corrected chi connectivity index (χ4v) is 2.07. The molecule has 0 unspecified atom stereocenters. The third-order valence-corrected chi connectivity index (χ3v) is 3.52. The Labute approximate surface area is 125 Å². The Bertz CT molecular complexity index is 447. The fourth-order valence-electron chi connectivity index (χ4n) is 1.71. The summed E-state index contributed by atoms with van der Waals surface area (Å²) in [4.78, 5) is 0. The van der Waals surface area contributed by atoms with Crippen LogP contribution in [0.5, 0.6) is 0 Å². The van der Waals surface area contributed by atoms with Crippen LogP contribution in [0.4, 0.5) is 18.9 Å². The summed E-state index contributed by atoms with van der Waals surface area (Å²) in [7, 11) is 1.61. The van der Waals surface area contributed by atoms with Crippen molar-refractivity contribution in [2.75, 3.05) is 25.6 Å². The Morgan fingerprint density at radius 3 is 2.45 bits per heavy atom. The minimum atomic E-state index is -4.36. The third-order valence-electron chi connectivity index (χ3n) is 3.03. The van der Waals surface area contributed by atoms with E-state index in [0.717, 1.165) is 12.5 Å². The smallest absolute Gasteiger partial charge is 0.385 e. The molecule has 1 rings (SSSR count). The number of alkyl halides is 3. The van der Waals surface area contributed by atoms with Gasteiger partial charge in [0.25, 0.3) is 0 Å². The maximum atomic E-state index is 12.9. The van der Waals surface area contributed by atoms with Crippen LogP contribution in [-0.2, 0) is 10.9 Å². The van der Waals surface area contributed by atoms with E-state index in [1.54, 1.807) is 7.11 Å². The predicted octanol–water partition coefficient (Wildman–Crippen LogP) is 4.94. The molecule has 0 saturated carbocycles. The summed E-state index contributed by atoms with van der Waals surface area (Å²) in [5.74, 6) is 0. The number of benzene rings is 1. The second-order valence-electron chi connectivity index (χ2n) is 5.45. The van der Waals surface area contributed by atoms with Crippen LogP contribution in [-0.4, -0.2) is 20.3 Å². The summed E-state index contributed by atoms with van der Waals surface area (Å²) in [6.07, 6.45) is -3.59. The standard InChI is InChI=1S/C14H19BrF3NO/c1-13(2,6-7-20-3)9-19-12-8-10(15)4-5-11(12)14(16,17)18/h4-5,8,19H,6-7,9H2,1-3H3. The van der Waals surface area contributed by atoms with Crippen molar-refractivity contribution in [2.24, 2.45) is 5.41 Å². The van der Waals surface area contributed by atoms with Gasteiger partial charge in [0.05, 0.1) is 5.56 Å². The molecule has 0 fully saturated rings. The van der Waals surface area contributed by atoms with Crippen molar-refractivity contribution >= 4 is 21.6 Å². The van der Waals surface area contributed by atoms with Crippen molar-refractivity contribution in [1.82, 2.24) is 0 Å². The lowest BCUT2D eigenvalue weighted by molar-refractivity contribution is -0.137. The van der Waals surface area contributed by atoms with Crippen molar-refractivity contribution in [2.45, 2.75) is 26.4 Å². The molecule has 0 amide bonds. The van der Waals surface area contributed by atoms with Gasteiger partial charge in [0.2, 0.25) is 0 Å². The predicted molar refractivity (Wildman–Crippen MR) is 77.9 cm³/mol. The van der Waals surface area contributed by atoms with Crippen LogP contribution in [0.1, 0.15) is 25.8 Å². The highest BCUT2D eigenvalue weighted by Gasteiger charge is 2.33. The van der Waals surface area contributed by atoms with Crippen LogP contribution in [0.2, 0.25) is 0 Å². The van der Waals surface area contributed by atoms with Gasteiger partial charge >= 0.3 is 6.18 Å². The van der Waals surface area contributed by atoms with Crippen molar-refractivity contribution in [3.8, 4) is 0 Å². The molecule has 6 heteroatoms. The number of methoxy groups -OCH3 is 1. The zero-order valence-electron chi connectivity index (χ0n) is 11.8. The molecule has 20 heavy (non-hydrogen) atoms. The lowest BCUT2D eigenvalue weighted by Gasteiger charge is -2.26. The van der Waals surface area contributed by atoms with Gasteiger partial charge in [-0.1, -0.05) is 29.8 Å². The van der Waals surface area contributed by atoms with Gasteiger partial charge in [-0.2, -0.15) is 13.2 Å². The van der Waals surface area contributed by atoms with E-state index in [4.69, 9.17) is 4.74 Å². The summed E-state index contributed by atoms with van der Waals surface area (Å²) in [5, 5.41) is 2.90. The highest BCUT2D eigenvalue weighted by atomic mass is 79.9. The van der Waals surface area contributed by atoms with Crippen molar-refractivity contribution in [3.63, 3.8) is 0 Å². The lowest BCUT2D eigenvalue weighted by Crippen LogP contribution is -2.25. The van der Waals surface area contributed by atoms with Crippen molar-refractivity contribution in [3.05, 3.63) is 28.2 Å². The molecular weight excluding hydrogens is 335 g/mol. The van der Waals surface area contributed by atoms with Crippen LogP contribution >= 0.6 is 15.9 Å². The molecule has 0 saturated heterocycles. The Kier molecular flexibility index (Phi) is 5.89. The SMILES string of the molecule is COCCC(C)(C)CNc1cc(Br)ccc1C(F)(F)F. The zero-order chi connectivity index (χ0) is 15.4. The van der Waals surface area contributed by atoms with Gasteiger partial charge in [0.1, 0.15) is 0 Å². The molecule has 1 N–H and O–H groups in total. The normalized spacial score (nSPS) is 12.6. The molecule has 1 aromatic rings. The van der Waals surface area contributed by atoms with E-state index in [2.05, 4.69) is 21.2 Å². The maximum Gasteiger partial charge on any atom is 0.418 e. The molecule has 0 aliphatic rings. The zero-order valence-corrected chi connectivity index (χ0v) is 13.4. The number of hydrogen-bond donors (Lipinski definition) is 1. The average molecular weight is 354 g/mol. The van der Waals surface area contributed by atoms with E-state index in [9.17, 15) is 13.2 Å². The molecule has 2 nitrogen and oxygen atoms in total. The molecule has 0 radical (unpaired) electrons. The number of rotatable bonds is 6. The summed E-state index contributed by atoms with van der Waals surface area (Å²) >= 11 is 3.20. The number of ether oxygens (including phenoxy) is 1. The molecule has 0 atom stereocenters. The van der Waals surface area contributed by atoms with Crippen molar-refractivity contribution < 1.29 is 17.9 Å². The molecule has 1 aromatic carbocycles. The quantitative estimate of drug-likeness (QED) is 0.781. The minimum absolute atomic E-state index is 0.0948. The number of hydrogen-bond acceptors (Lipinski definition) is 2. The van der Waals surface area contributed by atoms with E-state index in [1.165, 1.54) is 12.1 Å². The number of halogens is 4. The monoisotopic (exact) mass is 353 g/mol. The minimum Gasteiger partial charge on any atom is -0.385 e. The van der Waals surface area contributed by atoms with E-state index in [1.807, 2.05) is 13.8 Å². The molecule has 114 valence electrons.